The minimum atomic E-state index is -0.708. The van der Waals surface area contributed by atoms with Crippen molar-refractivity contribution in [2.24, 2.45) is 0 Å². The van der Waals surface area contributed by atoms with Gasteiger partial charge in [-0.05, 0) is 46.7 Å². The molecule has 7 nitrogen and oxygen atoms in total. The van der Waals surface area contributed by atoms with E-state index in [1.807, 2.05) is 16.8 Å². The van der Waals surface area contributed by atoms with E-state index >= 15 is 0 Å². The fraction of sp³-hybridized carbons (Fsp3) is 0.133. The summed E-state index contributed by atoms with van der Waals surface area (Å²) >= 11 is 1.50. The summed E-state index contributed by atoms with van der Waals surface area (Å²) in [4.78, 5) is 13.3. The molecule has 2 aromatic heterocycles. The summed E-state index contributed by atoms with van der Waals surface area (Å²) < 4.78 is 0. The molecule has 8 heteroatoms. The lowest BCUT2D eigenvalue weighted by atomic mass is 10.2. The van der Waals surface area contributed by atoms with E-state index in [1.165, 1.54) is 16.1 Å². The van der Waals surface area contributed by atoms with Gasteiger partial charge in [0.15, 0.2) is 0 Å². The highest BCUT2D eigenvalue weighted by atomic mass is 32.1. The van der Waals surface area contributed by atoms with E-state index in [-0.39, 0.29) is 12.6 Å². The number of benzene rings is 1. The Hall–Kier alpha value is -2.71. The first-order valence-electron chi connectivity index (χ1n) is 6.94. The highest BCUT2D eigenvalue weighted by Crippen LogP contribution is 2.15. The largest absolute Gasteiger partial charge is 0.387 e. The summed E-state index contributed by atoms with van der Waals surface area (Å²) in [6.07, 6.45) is 2.48. The van der Waals surface area contributed by atoms with Crippen LogP contribution in [0, 0.1) is 0 Å². The quantitative estimate of drug-likeness (QED) is 0.669. The van der Waals surface area contributed by atoms with E-state index < -0.39 is 6.10 Å². The van der Waals surface area contributed by atoms with Crippen molar-refractivity contribution in [3.63, 3.8) is 0 Å². The molecule has 0 radical (unpaired) electrons. The summed E-state index contributed by atoms with van der Waals surface area (Å²) in [5, 5.41) is 27.1. The molecule has 0 aliphatic rings. The third-order valence-corrected chi connectivity index (χ3v) is 3.86. The predicted octanol–water partition coefficient (Wildman–Crippen LogP) is 2.18. The molecule has 1 aromatic carbocycles. The molecule has 3 N–H and O–H groups in total. The second-order valence-electron chi connectivity index (χ2n) is 4.77. The Balaban J connectivity index is 1.51. The lowest BCUT2D eigenvalue weighted by Gasteiger charge is -2.11. The maximum absolute atomic E-state index is 11.8. The van der Waals surface area contributed by atoms with E-state index in [9.17, 15) is 9.90 Å². The molecule has 3 aromatic rings. The third-order valence-electron chi connectivity index (χ3n) is 3.16. The Kier molecular flexibility index (Phi) is 4.65. The lowest BCUT2D eigenvalue weighted by molar-refractivity contribution is 0.175. The molecule has 0 saturated carbocycles. The van der Waals surface area contributed by atoms with Gasteiger partial charge in [-0.3, -0.25) is 0 Å². The number of hydrogen-bond donors (Lipinski definition) is 3. The highest BCUT2D eigenvalue weighted by molar-refractivity contribution is 7.07. The van der Waals surface area contributed by atoms with Crippen LogP contribution in [0.1, 0.15) is 11.7 Å². The van der Waals surface area contributed by atoms with Crippen LogP contribution in [0.4, 0.5) is 10.5 Å². The van der Waals surface area contributed by atoms with Gasteiger partial charge >= 0.3 is 6.03 Å². The van der Waals surface area contributed by atoms with Crippen molar-refractivity contribution in [3.8, 4) is 5.69 Å². The molecule has 0 bridgehead atoms. The number of aliphatic hydroxyl groups is 1. The number of rotatable bonds is 5. The van der Waals surface area contributed by atoms with Crippen LogP contribution in [0.25, 0.3) is 5.69 Å². The maximum Gasteiger partial charge on any atom is 0.319 e. The monoisotopic (exact) mass is 329 g/mol. The number of anilines is 1. The molecule has 23 heavy (non-hydrogen) atoms. The minimum Gasteiger partial charge on any atom is -0.387 e. The van der Waals surface area contributed by atoms with Gasteiger partial charge in [-0.1, -0.05) is 0 Å². The molecule has 0 spiro atoms. The number of aliphatic hydroxyl groups excluding tert-OH is 1. The maximum atomic E-state index is 11.8. The van der Waals surface area contributed by atoms with Crippen LogP contribution in [0.15, 0.2) is 53.5 Å². The van der Waals surface area contributed by atoms with Crippen LogP contribution in [0.2, 0.25) is 0 Å². The first kappa shape index (κ1) is 15.2. The Morgan fingerprint density at radius 2 is 1.96 bits per heavy atom. The van der Waals surface area contributed by atoms with E-state index in [2.05, 4.69) is 20.8 Å². The van der Waals surface area contributed by atoms with Crippen LogP contribution in [-0.4, -0.2) is 32.7 Å². The first-order chi connectivity index (χ1) is 11.2. The van der Waals surface area contributed by atoms with Crippen LogP contribution in [0.3, 0.4) is 0 Å². The number of amides is 2. The average Bonchev–Trinajstić information content (AvgIpc) is 3.26. The SMILES string of the molecule is O=C(NCC(O)c1ccsc1)Nc1ccc(-n2nccn2)cc1. The van der Waals surface area contributed by atoms with Gasteiger partial charge in [0.25, 0.3) is 0 Å². The molecular formula is C15H15N5O2S. The number of nitrogens with zero attached hydrogens (tertiary/aromatic N) is 3. The lowest BCUT2D eigenvalue weighted by Crippen LogP contribution is -2.32. The Morgan fingerprint density at radius 3 is 2.61 bits per heavy atom. The molecule has 0 aliphatic carbocycles. The first-order valence-corrected chi connectivity index (χ1v) is 7.88. The molecule has 1 unspecified atom stereocenters. The standard InChI is InChI=1S/C15H15N5O2S/c21-14(11-5-8-23-10-11)9-16-15(22)19-12-1-3-13(4-2-12)20-17-6-7-18-20/h1-8,10,14,21H,9H2,(H2,16,19,22). The molecule has 0 saturated heterocycles. The Labute approximate surface area is 136 Å². The van der Waals surface area contributed by atoms with Crippen LogP contribution in [0.5, 0.6) is 0 Å². The number of carbonyl (C=O) groups excluding carboxylic acids is 1. The van der Waals surface area contributed by atoms with Crippen molar-refractivity contribution in [2.75, 3.05) is 11.9 Å². The van der Waals surface area contributed by atoms with Crippen molar-refractivity contribution in [3.05, 3.63) is 59.0 Å². The van der Waals surface area contributed by atoms with Crippen molar-refractivity contribution >= 4 is 23.1 Å². The molecule has 118 valence electrons. The smallest absolute Gasteiger partial charge is 0.319 e. The van der Waals surface area contributed by atoms with E-state index in [4.69, 9.17) is 0 Å². The second kappa shape index (κ2) is 7.03. The summed E-state index contributed by atoms with van der Waals surface area (Å²) in [7, 11) is 0. The molecule has 1 atom stereocenters. The Morgan fingerprint density at radius 1 is 1.22 bits per heavy atom. The summed E-state index contributed by atoms with van der Waals surface area (Å²) in [5.74, 6) is 0. The van der Waals surface area contributed by atoms with Crippen molar-refractivity contribution < 1.29 is 9.90 Å². The number of thiophene rings is 1. The van der Waals surface area contributed by atoms with Crippen molar-refractivity contribution in [1.29, 1.82) is 0 Å². The Bertz CT molecular complexity index is 741. The molecular weight excluding hydrogens is 314 g/mol. The fourth-order valence-electron chi connectivity index (χ4n) is 1.97. The number of urea groups is 1. The van der Waals surface area contributed by atoms with Gasteiger partial charge in [0.05, 0.1) is 24.2 Å². The third kappa shape index (κ3) is 3.93. The number of hydrogen-bond acceptors (Lipinski definition) is 5. The topological polar surface area (TPSA) is 92.1 Å². The van der Waals surface area contributed by atoms with Gasteiger partial charge in [-0.25, -0.2) is 4.79 Å². The second-order valence-corrected chi connectivity index (χ2v) is 5.55. The predicted molar refractivity (Wildman–Crippen MR) is 87.7 cm³/mol. The fourth-order valence-corrected chi connectivity index (χ4v) is 2.68. The summed E-state index contributed by atoms with van der Waals surface area (Å²) in [5.41, 5.74) is 2.24. The zero-order valence-electron chi connectivity index (χ0n) is 12.1. The average molecular weight is 329 g/mol. The van der Waals surface area contributed by atoms with Crippen molar-refractivity contribution in [2.45, 2.75) is 6.10 Å². The van der Waals surface area contributed by atoms with Crippen molar-refractivity contribution in [1.82, 2.24) is 20.3 Å². The number of aromatic nitrogens is 3. The molecule has 0 aliphatic heterocycles. The highest BCUT2D eigenvalue weighted by Gasteiger charge is 2.10. The van der Waals surface area contributed by atoms with Crippen LogP contribution in [-0.2, 0) is 0 Å². The van der Waals surface area contributed by atoms with E-state index in [0.29, 0.717) is 5.69 Å². The zero-order valence-corrected chi connectivity index (χ0v) is 12.9. The molecule has 2 amide bonds. The molecule has 2 heterocycles. The molecule has 0 fully saturated rings. The van der Waals surface area contributed by atoms with Gasteiger partial charge < -0.3 is 15.7 Å². The van der Waals surface area contributed by atoms with Gasteiger partial charge in [0.1, 0.15) is 0 Å². The van der Waals surface area contributed by atoms with Gasteiger partial charge in [0, 0.05) is 12.2 Å². The van der Waals surface area contributed by atoms with Crippen LogP contribution < -0.4 is 10.6 Å². The summed E-state index contributed by atoms with van der Waals surface area (Å²) in [6.45, 7) is 0.151. The van der Waals surface area contributed by atoms with E-state index in [1.54, 1.807) is 36.7 Å². The number of nitrogens with one attached hydrogen (secondary N) is 2. The molecule has 3 rings (SSSR count). The minimum absolute atomic E-state index is 0.151. The van der Waals surface area contributed by atoms with Crippen LogP contribution >= 0.6 is 11.3 Å². The van der Waals surface area contributed by atoms with E-state index in [0.717, 1.165) is 11.3 Å². The van der Waals surface area contributed by atoms with Gasteiger partial charge in [0.2, 0.25) is 0 Å². The van der Waals surface area contributed by atoms with Gasteiger partial charge in [-0.2, -0.15) is 26.3 Å². The zero-order chi connectivity index (χ0) is 16.1. The summed E-state index contributed by atoms with van der Waals surface area (Å²) in [6, 6.07) is 8.58. The normalized spacial score (nSPS) is 11.9. The van der Waals surface area contributed by atoms with Gasteiger partial charge in [-0.15, -0.1) is 0 Å². The number of carbonyl (C=O) groups is 1.